The monoisotopic (exact) mass is 300 g/mol. The highest BCUT2D eigenvalue weighted by Crippen LogP contribution is 2.08. The highest BCUT2D eigenvalue weighted by atomic mass is 16.6. The zero-order valence-electron chi connectivity index (χ0n) is 14.0. The predicted molar refractivity (Wildman–Crippen MR) is 84.6 cm³/mol. The van der Waals surface area contributed by atoms with Crippen LogP contribution in [-0.4, -0.2) is 67.9 Å². The summed E-state index contributed by atoms with van der Waals surface area (Å²) in [5, 5.41) is 0. The first-order chi connectivity index (χ1) is 10.1. The van der Waals surface area contributed by atoms with Gasteiger partial charge in [0.2, 0.25) is 0 Å². The number of nitrogens with zero attached hydrogens (tertiary/aromatic N) is 2. The molecule has 0 bridgehead atoms. The molecule has 5 heteroatoms. The van der Waals surface area contributed by atoms with E-state index in [1.54, 1.807) is 0 Å². The second kappa shape index (κ2) is 10.9. The summed E-state index contributed by atoms with van der Waals surface area (Å²) in [7, 11) is 0. The lowest BCUT2D eigenvalue weighted by Crippen LogP contribution is -2.49. The molecule has 124 valence electrons. The number of ether oxygens (including phenoxy) is 2. The van der Waals surface area contributed by atoms with E-state index in [-0.39, 0.29) is 12.2 Å². The Labute approximate surface area is 129 Å². The summed E-state index contributed by atoms with van der Waals surface area (Å²) in [5.41, 5.74) is 0. The minimum Gasteiger partial charge on any atom is -0.447 e. The molecule has 1 aliphatic heterocycles. The molecule has 1 aliphatic rings. The molecule has 0 aliphatic carbocycles. The minimum absolute atomic E-state index is 0.0350. The Morgan fingerprint density at radius 3 is 2.33 bits per heavy atom. The van der Waals surface area contributed by atoms with Crippen molar-refractivity contribution in [2.45, 2.75) is 52.6 Å². The molecular weight excluding hydrogens is 268 g/mol. The minimum atomic E-state index is -0.166. The Morgan fingerprint density at radius 2 is 1.71 bits per heavy atom. The van der Waals surface area contributed by atoms with E-state index < -0.39 is 0 Å². The zero-order chi connectivity index (χ0) is 15.5. The second-order valence-corrected chi connectivity index (χ2v) is 5.87. The molecule has 0 aromatic rings. The second-order valence-electron chi connectivity index (χ2n) is 5.87. The molecular formula is C16H32N2O3. The number of unbranched alkanes of at least 4 members (excludes halogenated alkanes) is 3. The van der Waals surface area contributed by atoms with Gasteiger partial charge in [-0.25, -0.2) is 4.79 Å². The Balaban J connectivity index is 2.02. The average Bonchev–Trinajstić information content (AvgIpc) is 2.46. The van der Waals surface area contributed by atoms with Crippen molar-refractivity contribution in [3.8, 4) is 0 Å². The largest absolute Gasteiger partial charge is 0.447 e. The number of amides is 1. The van der Waals surface area contributed by atoms with Crippen LogP contribution in [0.15, 0.2) is 0 Å². The normalized spacial score (nSPS) is 16.5. The van der Waals surface area contributed by atoms with Crippen LogP contribution in [0.2, 0.25) is 0 Å². The standard InChI is InChI=1S/C16H32N2O3/c1-4-20-14-8-6-5-7-9-17-10-12-18(13-11-17)16(19)21-15(2)3/h15H,4-14H2,1-3H3. The number of carbonyl (C=O) groups excluding carboxylic acids is 1. The van der Waals surface area contributed by atoms with Gasteiger partial charge in [-0.1, -0.05) is 12.8 Å². The van der Waals surface area contributed by atoms with Gasteiger partial charge in [0, 0.05) is 39.4 Å². The summed E-state index contributed by atoms with van der Waals surface area (Å²) in [5.74, 6) is 0. The van der Waals surface area contributed by atoms with E-state index >= 15 is 0 Å². The Bertz CT molecular complexity index is 277. The summed E-state index contributed by atoms with van der Waals surface area (Å²) < 4.78 is 10.6. The molecule has 0 N–H and O–H groups in total. The SMILES string of the molecule is CCOCCCCCCN1CCN(C(=O)OC(C)C)CC1. The molecule has 0 radical (unpaired) electrons. The topological polar surface area (TPSA) is 42.0 Å². The van der Waals surface area contributed by atoms with Gasteiger partial charge in [-0.2, -0.15) is 0 Å². The van der Waals surface area contributed by atoms with E-state index in [9.17, 15) is 4.79 Å². The maximum atomic E-state index is 11.8. The molecule has 0 atom stereocenters. The van der Waals surface area contributed by atoms with Crippen molar-refractivity contribution in [3.05, 3.63) is 0 Å². The highest BCUT2D eigenvalue weighted by Gasteiger charge is 2.22. The van der Waals surface area contributed by atoms with Crippen molar-refractivity contribution in [1.29, 1.82) is 0 Å². The van der Waals surface area contributed by atoms with Crippen LogP contribution in [-0.2, 0) is 9.47 Å². The van der Waals surface area contributed by atoms with Crippen LogP contribution in [0.5, 0.6) is 0 Å². The fourth-order valence-corrected chi connectivity index (χ4v) is 2.47. The van der Waals surface area contributed by atoms with Gasteiger partial charge in [0.1, 0.15) is 0 Å². The van der Waals surface area contributed by atoms with Crippen molar-refractivity contribution in [2.24, 2.45) is 0 Å². The summed E-state index contributed by atoms with van der Waals surface area (Å²) in [6.07, 6.45) is 4.72. The van der Waals surface area contributed by atoms with Crippen LogP contribution in [0.25, 0.3) is 0 Å². The van der Waals surface area contributed by atoms with E-state index in [2.05, 4.69) is 4.90 Å². The van der Waals surface area contributed by atoms with Gasteiger partial charge in [-0.3, -0.25) is 4.90 Å². The fraction of sp³-hybridized carbons (Fsp3) is 0.938. The predicted octanol–water partition coefficient (Wildman–Crippen LogP) is 2.75. The lowest BCUT2D eigenvalue weighted by Gasteiger charge is -2.34. The first kappa shape index (κ1) is 18.2. The molecule has 0 saturated carbocycles. The van der Waals surface area contributed by atoms with E-state index in [0.717, 1.165) is 45.9 Å². The van der Waals surface area contributed by atoms with E-state index in [1.807, 2.05) is 25.7 Å². The lowest BCUT2D eigenvalue weighted by molar-refractivity contribution is 0.0569. The van der Waals surface area contributed by atoms with Crippen molar-refractivity contribution < 1.29 is 14.3 Å². The molecule has 1 amide bonds. The van der Waals surface area contributed by atoms with Gasteiger partial charge in [0.15, 0.2) is 0 Å². The summed E-state index contributed by atoms with van der Waals surface area (Å²) in [6, 6.07) is 0. The van der Waals surface area contributed by atoms with Crippen molar-refractivity contribution in [1.82, 2.24) is 9.80 Å². The summed E-state index contributed by atoms with van der Waals surface area (Å²) in [6.45, 7) is 12.2. The third kappa shape index (κ3) is 8.27. The number of hydrogen-bond acceptors (Lipinski definition) is 4. The van der Waals surface area contributed by atoms with Gasteiger partial charge < -0.3 is 14.4 Å². The first-order valence-electron chi connectivity index (χ1n) is 8.39. The third-order valence-electron chi connectivity index (χ3n) is 3.68. The van der Waals surface area contributed by atoms with E-state index in [4.69, 9.17) is 9.47 Å². The van der Waals surface area contributed by atoms with Gasteiger partial charge in [-0.15, -0.1) is 0 Å². The highest BCUT2D eigenvalue weighted by molar-refractivity contribution is 5.67. The maximum absolute atomic E-state index is 11.8. The number of rotatable bonds is 9. The average molecular weight is 300 g/mol. The van der Waals surface area contributed by atoms with Crippen LogP contribution in [0.1, 0.15) is 46.5 Å². The zero-order valence-corrected chi connectivity index (χ0v) is 14.0. The number of carbonyl (C=O) groups is 1. The Hall–Kier alpha value is -0.810. The van der Waals surface area contributed by atoms with Crippen LogP contribution in [0.4, 0.5) is 4.79 Å². The molecule has 21 heavy (non-hydrogen) atoms. The molecule has 1 rings (SSSR count). The number of hydrogen-bond donors (Lipinski definition) is 0. The molecule has 0 unspecified atom stereocenters. The molecule has 0 spiro atoms. The van der Waals surface area contributed by atoms with Gasteiger partial charge >= 0.3 is 6.09 Å². The lowest BCUT2D eigenvalue weighted by atomic mass is 10.2. The Kier molecular flexibility index (Phi) is 9.42. The molecule has 0 aromatic carbocycles. The molecule has 0 aromatic heterocycles. The Morgan fingerprint density at radius 1 is 1.05 bits per heavy atom. The third-order valence-corrected chi connectivity index (χ3v) is 3.68. The van der Waals surface area contributed by atoms with Gasteiger partial charge in [-0.05, 0) is 40.2 Å². The van der Waals surface area contributed by atoms with Crippen molar-refractivity contribution >= 4 is 6.09 Å². The van der Waals surface area contributed by atoms with Crippen molar-refractivity contribution in [2.75, 3.05) is 45.9 Å². The number of piperazine rings is 1. The summed E-state index contributed by atoms with van der Waals surface area (Å²) in [4.78, 5) is 16.0. The summed E-state index contributed by atoms with van der Waals surface area (Å²) >= 11 is 0. The molecule has 1 fully saturated rings. The smallest absolute Gasteiger partial charge is 0.410 e. The molecule has 1 heterocycles. The van der Waals surface area contributed by atoms with E-state index in [1.165, 1.54) is 25.7 Å². The van der Waals surface area contributed by atoms with Gasteiger partial charge in [0.05, 0.1) is 6.10 Å². The van der Waals surface area contributed by atoms with Crippen LogP contribution < -0.4 is 0 Å². The van der Waals surface area contributed by atoms with Crippen LogP contribution in [0.3, 0.4) is 0 Å². The maximum Gasteiger partial charge on any atom is 0.410 e. The molecule has 5 nitrogen and oxygen atoms in total. The quantitative estimate of drug-likeness (QED) is 0.614. The van der Waals surface area contributed by atoms with E-state index in [0.29, 0.717) is 0 Å². The van der Waals surface area contributed by atoms with Crippen molar-refractivity contribution in [3.63, 3.8) is 0 Å². The van der Waals surface area contributed by atoms with Gasteiger partial charge in [0.25, 0.3) is 0 Å². The van der Waals surface area contributed by atoms with Crippen LogP contribution in [0, 0.1) is 0 Å². The first-order valence-corrected chi connectivity index (χ1v) is 8.39. The molecule has 1 saturated heterocycles. The van der Waals surface area contributed by atoms with Crippen LogP contribution >= 0.6 is 0 Å². The fourth-order valence-electron chi connectivity index (χ4n) is 2.47.